The molecule has 0 aromatic heterocycles. The largest absolute Gasteiger partial charge is 0.496 e. The van der Waals surface area contributed by atoms with Crippen molar-refractivity contribution in [3.63, 3.8) is 0 Å². The van der Waals surface area contributed by atoms with Gasteiger partial charge in [-0.25, -0.2) is 0 Å². The molecule has 1 heterocycles. The number of hydrogen-bond acceptors (Lipinski definition) is 3. The second-order valence-electron chi connectivity index (χ2n) is 8.05. The molecule has 3 aromatic rings. The maximum Gasteiger partial charge on any atom is 0.164 e. The lowest BCUT2D eigenvalue weighted by Crippen LogP contribution is -3.27. The van der Waals surface area contributed by atoms with Crippen molar-refractivity contribution in [3.05, 3.63) is 65.7 Å². The lowest BCUT2D eigenvalue weighted by atomic mass is 10.1. The molecule has 3 aromatic carbocycles. The highest BCUT2D eigenvalue weighted by molar-refractivity contribution is 5.82. The van der Waals surface area contributed by atoms with Crippen LogP contribution in [-0.2, 0) is 13.1 Å². The summed E-state index contributed by atoms with van der Waals surface area (Å²) in [7, 11) is 5.04. The van der Waals surface area contributed by atoms with Gasteiger partial charge < -0.3 is 24.0 Å². The molecular formula is C25H32N2O3+2. The summed E-state index contributed by atoms with van der Waals surface area (Å²) in [5.74, 6) is 2.33. The summed E-state index contributed by atoms with van der Waals surface area (Å²) in [5, 5.41) is 2.65. The van der Waals surface area contributed by atoms with Crippen LogP contribution in [0.5, 0.6) is 17.2 Å². The van der Waals surface area contributed by atoms with E-state index in [4.69, 9.17) is 14.2 Å². The van der Waals surface area contributed by atoms with E-state index in [1.165, 1.54) is 35.0 Å². The van der Waals surface area contributed by atoms with Gasteiger partial charge in [0.1, 0.15) is 45.0 Å². The smallest absolute Gasteiger partial charge is 0.164 e. The molecule has 158 valence electrons. The van der Waals surface area contributed by atoms with Crippen LogP contribution in [0.15, 0.2) is 54.6 Å². The summed E-state index contributed by atoms with van der Waals surface area (Å²) in [6, 6.07) is 19.4. The van der Waals surface area contributed by atoms with Gasteiger partial charge in [-0.15, -0.1) is 0 Å². The molecule has 0 unspecified atom stereocenters. The average molecular weight is 409 g/mol. The highest BCUT2D eigenvalue weighted by atomic mass is 16.5. The van der Waals surface area contributed by atoms with Crippen LogP contribution in [0, 0.1) is 0 Å². The number of fused-ring (bicyclic) bond motifs is 1. The van der Waals surface area contributed by atoms with Crippen molar-refractivity contribution in [2.45, 2.75) is 13.1 Å². The van der Waals surface area contributed by atoms with Crippen LogP contribution in [0.4, 0.5) is 0 Å². The molecule has 0 spiro atoms. The van der Waals surface area contributed by atoms with Gasteiger partial charge in [0.2, 0.25) is 0 Å². The van der Waals surface area contributed by atoms with Crippen molar-refractivity contribution in [2.75, 3.05) is 47.5 Å². The van der Waals surface area contributed by atoms with E-state index in [0.717, 1.165) is 37.7 Å². The van der Waals surface area contributed by atoms with Gasteiger partial charge in [-0.1, -0.05) is 36.4 Å². The van der Waals surface area contributed by atoms with E-state index >= 15 is 0 Å². The van der Waals surface area contributed by atoms with Crippen LogP contribution in [0.1, 0.15) is 11.1 Å². The quantitative estimate of drug-likeness (QED) is 0.620. The Balaban J connectivity index is 1.37. The molecule has 0 amide bonds. The first-order chi connectivity index (χ1) is 14.7. The molecule has 2 N–H and O–H groups in total. The number of hydrogen-bond donors (Lipinski definition) is 2. The average Bonchev–Trinajstić information content (AvgIpc) is 2.80. The number of rotatable bonds is 7. The van der Waals surface area contributed by atoms with Gasteiger partial charge in [0, 0.05) is 11.6 Å². The highest BCUT2D eigenvalue weighted by Crippen LogP contribution is 2.34. The second-order valence-corrected chi connectivity index (χ2v) is 8.05. The van der Waals surface area contributed by atoms with Gasteiger partial charge in [-0.05, 0) is 22.9 Å². The number of ether oxygens (including phenoxy) is 3. The molecule has 30 heavy (non-hydrogen) atoms. The normalized spacial score (nSPS) is 18.9. The Labute approximate surface area is 178 Å². The van der Waals surface area contributed by atoms with Crippen molar-refractivity contribution >= 4 is 10.8 Å². The number of benzene rings is 3. The van der Waals surface area contributed by atoms with E-state index in [2.05, 4.69) is 48.5 Å². The van der Waals surface area contributed by atoms with Crippen molar-refractivity contribution < 1.29 is 24.0 Å². The van der Waals surface area contributed by atoms with Crippen molar-refractivity contribution in [3.8, 4) is 17.2 Å². The minimum Gasteiger partial charge on any atom is -0.496 e. The van der Waals surface area contributed by atoms with Gasteiger partial charge in [0.05, 0.1) is 26.9 Å². The molecule has 0 aliphatic carbocycles. The third kappa shape index (κ3) is 4.53. The number of piperazine rings is 1. The van der Waals surface area contributed by atoms with E-state index < -0.39 is 0 Å². The highest BCUT2D eigenvalue weighted by Gasteiger charge is 2.25. The first-order valence-corrected chi connectivity index (χ1v) is 10.6. The topological polar surface area (TPSA) is 36.6 Å². The third-order valence-electron chi connectivity index (χ3n) is 6.16. The number of methoxy groups -OCH3 is 3. The Morgan fingerprint density at radius 3 is 1.90 bits per heavy atom. The summed E-state index contributed by atoms with van der Waals surface area (Å²) in [6.07, 6.45) is 0. The monoisotopic (exact) mass is 408 g/mol. The Kier molecular flexibility index (Phi) is 6.41. The van der Waals surface area contributed by atoms with Crippen molar-refractivity contribution in [1.82, 2.24) is 0 Å². The maximum absolute atomic E-state index is 5.61. The third-order valence-corrected chi connectivity index (χ3v) is 6.16. The molecule has 0 saturated carbocycles. The summed E-state index contributed by atoms with van der Waals surface area (Å²) >= 11 is 0. The van der Waals surface area contributed by atoms with Crippen LogP contribution >= 0.6 is 0 Å². The van der Waals surface area contributed by atoms with Gasteiger partial charge in [-0.2, -0.15) is 0 Å². The summed E-state index contributed by atoms with van der Waals surface area (Å²) in [6.45, 7) is 6.70. The van der Waals surface area contributed by atoms with Crippen molar-refractivity contribution in [2.24, 2.45) is 0 Å². The Hall–Kier alpha value is -2.76. The molecule has 1 fully saturated rings. The maximum atomic E-state index is 5.61. The van der Waals surface area contributed by atoms with Crippen LogP contribution < -0.4 is 24.0 Å². The fourth-order valence-corrected chi connectivity index (χ4v) is 4.45. The summed E-state index contributed by atoms with van der Waals surface area (Å²) in [5.41, 5.74) is 2.59. The van der Waals surface area contributed by atoms with Gasteiger partial charge in [0.25, 0.3) is 0 Å². The molecular weight excluding hydrogens is 376 g/mol. The molecule has 5 nitrogen and oxygen atoms in total. The van der Waals surface area contributed by atoms with E-state index in [-0.39, 0.29) is 0 Å². The zero-order chi connectivity index (χ0) is 20.9. The van der Waals surface area contributed by atoms with E-state index in [1.54, 1.807) is 31.1 Å². The lowest BCUT2D eigenvalue weighted by molar-refractivity contribution is -1.02. The predicted molar refractivity (Wildman–Crippen MR) is 119 cm³/mol. The molecule has 0 bridgehead atoms. The minimum atomic E-state index is 0.706. The fraction of sp³-hybridized carbons (Fsp3) is 0.360. The predicted octanol–water partition coefficient (Wildman–Crippen LogP) is 1.35. The van der Waals surface area contributed by atoms with Crippen LogP contribution in [0.2, 0.25) is 0 Å². The summed E-state index contributed by atoms with van der Waals surface area (Å²) < 4.78 is 16.5. The Morgan fingerprint density at radius 2 is 1.23 bits per heavy atom. The SMILES string of the molecule is COc1cc(OC)c(OC)cc1C[NH+]1CC[NH+](Cc2ccc3ccccc3c2)CC1. The van der Waals surface area contributed by atoms with Crippen LogP contribution in [0.25, 0.3) is 10.8 Å². The molecule has 1 aliphatic heterocycles. The van der Waals surface area contributed by atoms with E-state index in [1.807, 2.05) is 6.07 Å². The van der Waals surface area contributed by atoms with Gasteiger partial charge in [-0.3, -0.25) is 0 Å². The van der Waals surface area contributed by atoms with Gasteiger partial charge in [0.15, 0.2) is 11.5 Å². The lowest BCUT2D eigenvalue weighted by Gasteiger charge is -2.30. The van der Waals surface area contributed by atoms with Gasteiger partial charge >= 0.3 is 0 Å². The first-order valence-electron chi connectivity index (χ1n) is 10.6. The number of nitrogens with one attached hydrogen (secondary N) is 2. The molecule has 0 radical (unpaired) electrons. The summed E-state index contributed by atoms with van der Waals surface area (Å²) in [4.78, 5) is 3.25. The molecule has 4 rings (SSSR count). The van der Waals surface area contributed by atoms with Crippen LogP contribution in [-0.4, -0.2) is 47.5 Å². The molecule has 5 heteroatoms. The molecule has 0 atom stereocenters. The standard InChI is InChI=1S/C25H30N2O3/c1-28-23-16-25(30-3)24(29-2)15-22(23)18-27-12-10-26(11-13-27)17-19-8-9-20-6-4-5-7-21(20)14-19/h4-9,14-16H,10-13,17-18H2,1-3H3/p+2. The Morgan fingerprint density at radius 1 is 0.633 bits per heavy atom. The van der Waals surface area contributed by atoms with Crippen molar-refractivity contribution in [1.29, 1.82) is 0 Å². The molecule has 1 saturated heterocycles. The van der Waals surface area contributed by atoms with Crippen LogP contribution in [0.3, 0.4) is 0 Å². The van der Waals surface area contributed by atoms with E-state index in [9.17, 15) is 0 Å². The number of quaternary nitrogens is 2. The second kappa shape index (κ2) is 9.37. The van der Waals surface area contributed by atoms with E-state index in [0.29, 0.717) is 5.75 Å². The first kappa shape index (κ1) is 20.5. The molecule has 1 aliphatic rings. The Bertz CT molecular complexity index is 997. The zero-order valence-electron chi connectivity index (χ0n) is 18.2. The fourth-order valence-electron chi connectivity index (χ4n) is 4.45. The zero-order valence-corrected chi connectivity index (χ0v) is 18.2. The minimum absolute atomic E-state index is 0.706.